The van der Waals surface area contributed by atoms with Gasteiger partial charge in [-0.2, -0.15) is 0 Å². The van der Waals surface area contributed by atoms with Crippen LogP contribution in [0.2, 0.25) is 5.02 Å². The van der Waals surface area contributed by atoms with Gasteiger partial charge < -0.3 is 4.74 Å². The number of carbonyl (C=O) groups is 1. The number of aromatic nitrogens is 1. The fourth-order valence-electron chi connectivity index (χ4n) is 1.36. The summed E-state index contributed by atoms with van der Waals surface area (Å²) in [6.07, 6.45) is 0. The fourth-order valence-corrected chi connectivity index (χ4v) is 3.01. The highest BCUT2D eigenvalue weighted by atomic mass is 79.9. The summed E-state index contributed by atoms with van der Waals surface area (Å²) >= 11 is 10.8. The van der Waals surface area contributed by atoms with Gasteiger partial charge in [0.1, 0.15) is 5.01 Å². The molecule has 0 bridgehead atoms. The van der Waals surface area contributed by atoms with E-state index >= 15 is 0 Å². The van der Waals surface area contributed by atoms with Gasteiger partial charge in [-0.1, -0.05) is 27.5 Å². The van der Waals surface area contributed by atoms with Crippen LogP contribution < -0.4 is 0 Å². The molecule has 0 saturated carbocycles. The zero-order chi connectivity index (χ0) is 13.1. The third-order valence-corrected chi connectivity index (χ3v) is 3.83. The number of hydrogen-bond acceptors (Lipinski definition) is 4. The van der Waals surface area contributed by atoms with Crippen molar-refractivity contribution in [3.63, 3.8) is 0 Å². The molecule has 0 spiro atoms. The van der Waals surface area contributed by atoms with Crippen LogP contribution in [-0.4, -0.2) is 17.6 Å². The predicted molar refractivity (Wildman–Crippen MR) is 76.2 cm³/mol. The molecule has 0 fully saturated rings. The van der Waals surface area contributed by atoms with Gasteiger partial charge in [-0.15, -0.1) is 11.3 Å². The molecule has 6 heteroatoms. The van der Waals surface area contributed by atoms with Gasteiger partial charge in [-0.25, -0.2) is 9.78 Å². The first-order valence-electron chi connectivity index (χ1n) is 5.20. The van der Waals surface area contributed by atoms with Crippen molar-refractivity contribution in [3.05, 3.63) is 38.8 Å². The van der Waals surface area contributed by atoms with Crippen molar-refractivity contribution in [2.45, 2.75) is 6.92 Å². The minimum Gasteiger partial charge on any atom is -0.461 e. The van der Waals surface area contributed by atoms with Crippen LogP contribution in [0.4, 0.5) is 0 Å². The largest absolute Gasteiger partial charge is 0.461 e. The first-order chi connectivity index (χ1) is 8.61. The van der Waals surface area contributed by atoms with Gasteiger partial charge >= 0.3 is 5.97 Å². The van der Waals surface area contributed by atoms with Crippen molar-refractivity contribution in [3.8, 4) is 10.6 Å². The molecule has 2 aromatic rings. The van der Waals surface area contributed by atoms with Gasteiger partial charge in [0.25, 0.3) is 0 Å². The Kier molecular flexibility index (Phi) is 4.37. The Balaban J connectivity index is 2.32. The molecule has 0 amide bonds. The third kappa shape index (κ3) is 2.91. The lowest BCUT2D eigenvalue weighted by Crippen LogP contribution is -2.04. The Hall–Kier alpha value is -0.910. The van der Waals surface area contributed by atoms with Gasteiger partial charge in [0.05, 0.1) is 11.6 Å². The molecular weight excluding hydrogens is 338 g/mol. The first kappa shape index (κ1) is 13.5. The molecule has 1 heterocycles. The van der Waals surface area contributed by atoms with E-state index in [9.17, 15) is 4.79 Å². The van der Waals surface area contributed by atoms with E-state index in [4.69, 9.17) is 16.3 Å². The minimum atomic E-state index is -0.409. The Labute approximate surface area is 122 Å². The molecule has 0 radical (unpaired) electrons. The highest BCUT2D eigenvalue weighted by Crippen LogP contribution is 2.32. The molecule has 2 rings (SSSR count). The van der Waals surface area contributed by atoms with Crippen LogP contribution in [-0.2, 0) is 4.74 Å². The van der Waals surface area contributed by atoms with E-state index in [1.807, 2.05) is 12.1 Å². The lowest BCUT2D eigenvalue weighted by Gasteiger charge is -2.00. The van der Waals surface area contributed by atoms with E-state index < -0.39 is 5.97 Å². The predicted octanol–water partition coefficient (Wildman–Crippen LogP) is 4.40. The van der Waals surface area contributed by atoms with Gasteiger partial charge in [-0.05, 0) is 25.1 Å². The number of halogens is 2. The van der Waals surface area contributed by atoms with E-state index in [-0.39, 0.29) is 0 Å². The SMILES string of the molecule is CCOC(=O)c1csc(-c2ccc(Br)cc2Cl)n1. The average molecular weight is 347 g/mol. The molecule has 18 heavy (non-hydrogen) atoms. The monoisotopic (exact) mass is 345 g/mol. The van der Waals surface area contributed by atoms with Crippen molar-refractivity contribution in [2.24, 2.45) is 0 Å². The summed E-state index contributed by atoms with van der Waals surface area (Å²) < 4.78 is 5.79. The number of carbonyl (C=O) groups excluding carboxylic acids is 1. The zero-order valence-corrected chi connectivity index (χ0v) is 12.6. The number of nitrogens with zero attached hydrogens (tertiary/aromatic N) is 1. The molecule has 0 saturated heterocycles. The Morgan fingerprint density at radius 2 is 2.33 bits per heavy atom. The molecule has 0 atom stereocenters. The van der Waals surface area contributed by atoms with Crippen LogP contribution in [0.15, 0.2) is 28.1 Å². The lowest BCUT2D eigenvalue weighted by molar-refractivity contribution is 0.0520. The summed E-state index contributed by atoms with van der Waals surface area (Å²) in [5, 5.41) is 2.97. The van der Waals surface area contributed by atoms with Gasteiger partial charge in [0.15, 0.2) is 5.69 Å². The molecular formula is C12H9BrClNO2S. The minimum absolute atomic E-state index is 0.316. The third-order valence-electron chi connectivity index (χ3n) is 2.15. The topological polar surface area (TPSA) is 39.2 Å². The van der Waals surface area contributed by atoms with E-state index in [1.165, 1.54) is 11.3 Å². The Morgan fingerprint density at radius 1 is 1.56 bits per heavy atom. The van der Waals surface area contributed by atoms with E-state index in [2.05, 4.69) is 20.9 Å². The molecule has 0 aliphatic carbocycles. The summed E-state index contributed by atoms with van der Waals surface area (Å²) in [4.78, 5) is 15.7. The number of ether oxygens (including phenoxy) is 1. The van der Waals surface area contributed by atoms with E-state index in [0.29, 0.717) is 22.3 Å². The maximum atomic E-state index is 11.5. The fraction of sp³-hybridized carbons (Fsp3) is 0.167. The van der Waals surface area contributed by atoms with Crippen LogP contribution in [0.25, 0.3) is 10.6 Å². The smallest absolute Gasteiger partial charge is 0.357 e. The normalized spacial score (nSPS) is 10.4. The lowest BCUT2D eigenvalue weighted by atomic mass is 10.2. The van der Waals surface area contributed by atoms with Crippen molar-refractivity contribution >= 4 is 44.8 Å². The summed E-state index contributed by atoms with van der Waals surface area (Å²) in [6, 6.07) is 5.54. The van der Waals surface area contributed by atoms with Crippen LogP contribution in [0.3, 0.4) is 0 Å². The Bertz CT molecular complexity index is 585. The number of hydrogen-bond donors (Lipinski definition) is 0. The van der Waals surface area contributed by atoms with Crippen LogP contribution in [0.1, 0.15) is 17.4 Å². The number of thiazole rings is 1. The zero-order valence-electron chi connectivity index (χ0n) is 9.44. The molecule has 1 aromatic carbocycles. The molecule has 0 N–H and O–H groups in total. The molecule has 0 unspecified atom stereocenters. The average Bonchev–Trinajstić information content (AvgIpc) is 2.78. The van der Waals surface area contributed by atoms with Crippen molar-refractivity contribution in [1.29, 1.82) is 0 Å². The van der Waals surface area contributed by atoms with Gasteiger partial charge in [0, 0.05) is 15.4 Å². The van der Waals surface area contributed by atoms with E-state index in [0.717, 1.165) is 10.0 Å². The van der Waals surface area contributed by atoms with Crippen molar-refractivity contribution < 1.29 is 9.53 Å². The molecule has 3 nitrogen and oxygen atoms in total. The number of benzene rings is 1. The highest BCUT2D eigenvalue weighted by molar-refractivity contribution is 9.10. The first-order valence-corrected chi connectivity index (χ1v) is 7.25. The number of rotatable bonds is 3. The highest BCUT2D eigenvalue weighted by Gasteiger charge is 2.14. The summed E-state index contributed by atoms with van der Waals surface area (Å²) in [5.41, 5.74) is 1.12. The second kappa shape index (κ2) is 5.82. The molecule has 0 aliphatic rings. The summed E-state index contributed by atoms with van der Waals surface area (Å²) in [6.45, 7) is 2.10. The van der Waals surface area contributed by atoms with Crippen molar-refractivity contribution in [1.82, 2.24) is 4.98 Å². The number of esters is 1. The van der Waals surface area contributed by atoms with Gasteiger partial charge in [0.2, 0.25) is 0 Å². The quantitative estimate of drug-likeness (QED) is 0.773. The van der Waals surface area contributed by atoms with Crippen molar-refractivity contribution in [2.75, 3.05) is 6.61 Å². The molecule has 94 valence electrons. The molecule has 1 aromatic heterocycles. The van der Waals surface area contributed by atoms with Crippen LogP contribution in [0, 0.1) is 0 Å². The second-order valence-electron chi connectivity index (χ2n) is 3.38. The van der Waals surface area contributed by atoms with Gasteiger partial charge in [-0.3, -0.25) is 0 Å². The standard InChI is InChI=1S/C12H9BrClNO2S/c1-2-17-12(16)10-6-18-11(15-10)8-4-3-7(13)5-9(8)14/h3-6H,2H2,1H3. The second-order valence-corrected chi connectivity index (χ2v) is 5.56. The van der Waals surface area contributed by atoms with Crippen LogP contribution in [0.5, 0.6) is 0 Å². The molecule has 0 aliphatic heterocycles. The van der Waals surface area contributed by atoms with E-state index in [1.54, 1.807) is 18.4 Å². The Morgan fingerprint density at radius 3 is 3.00 bits per heavy atom. The summed E-state index contributed by atoms with van der Waals surface area (Å²) in [7, 11) is 0. The summed E-state index contributed by atoms with van der Waals surface area (Å²) in [5.74, 6) is -0.409. The maximum Gasteiger partial charge on any atom is 0.357 e. The van der Waals surface area contributed by atoms with Crippen LogP contribution >= 0.6 is 38.9 Å². The maximum absolute atomic E-state index is 11.5.